The van der Waals surface area contributed by atoms with Gasteiger partial charge in [-0.15, -0.1) is 11.3 Å². The molecule has 20 heavy (non-hydrogen) atoms. The van der Waals surface area contributed by atoms with Crippen molar-refractivity contribution in [3.05, 3.63) is 16.3 Å². The van der Waals surface area contributed by atoms with E-state index in [1.807, 2.05) is 0 Å². The Balaban J connectivity index is 1.74. The SMILES string of the molecule is COc1csc(C(=O)N2C[C@H](C(=O)O)[C@@H](C3CC3)C2)c1. The third-order valence-electron chi connectivity index (χ3n) is 4.22. The highest BCUT2D eigenvalue weighted by molar-refractivity contribution is 7.12. The molecule has 2 atom stereocenters. The fourth-order valence-electron chi connectivity index (χ4n) is 2.95. The number of thiophene rings is 1. The lowest BCUT2D eigenvalue weighted by Crippen LogP contribution is -2.29. The second-order valence-electron chi connectivity index (χ2n) is 5.51. The zero-order valence-corrected chi connectivity index (χ0v) is 12.1. The summed E-state index contributed by atoms with van der Waals surface area (Å²) in [6.07, 6.45) is 2.20. The Hall–Kier alpha value is -1.56. The minimum absolute atomic E-state index is 0.0762. The first-order chi connectivity index (χ1) is 9.60. The first kappa shape index (κ1) is 13.4. The Morgan fingerprint density at radius 2 is 2.15 bits per heavy atom. The first-order valence-corrected chi connectivity index (χ1v) is 7.62. The zero-order valence-electron chi connectivity index (χ0n) is 11.2. The third kappa shape index (κ3) is 2.40. The molecule has 1 aromatic heterocycles. The molecule has 3 rings (SSSR count). The lowest BCUT2D eigenvalue weighted by atomic mass is 9.92. The van der Waals surface area contributed by atoms with Gasteiger partial charge in [-0.3, -0.25) is 9.59 Å². The van der Waals surface area contributed by atoms with Crippen molar-refractivity contribution in [1.82, 2.24) is 4.90 Å². The monoisotopic (exact) mass is 295 g/mol. The van der Waals surface area contributed by atoms with Crippen LogP contribution in [0.4, 0.5) is 0 Å². The predicted octanol–water partition coefficient (Wildman–Crippen LogP) is 1.94. The Labute approximate surface area is 121 Å². The topological polar surface area (TPSA) is 66.8 Å². The van der Waals surface area contributed by atoms with Gasteiger partial charge in [0.1, 0.15) is 5.75 Å². The van der Waals surface area contributed by atoms with Crippen LogP contribution in [0.25, 0.3) is 0 Å². The summed E-state index contributed by atoms with van der Waals surface area (Å²) < 4.78 is 5.08. The number of methoxy groups -OCH3 is 1. The number of carboxylic acids is 1. The molecule has 2 heterocycles. The largest absolute Gasteiger partial charge is 0.496 e. The Bertz CT molecular complexity index is 537. The predicted molar refractivity (Wildman–Crippen MR) is 74.1 cm³/mol. The minimum atomic E-state index is -0.777. The summed E-state index contributed by atoms with van der Waals surface area (Å²) in [6, 6.07) is 1.72. The van der Waals surface area contributed by atoms with Crippen LogP contribution in [-0.2, 0) is 4.79 Å². The summed E-state index contributed by atoms with van der Waals surface area (Å²) in [7, 11) is 1.57. The molecule has 2 aliphatic rings. The van der Waals surface area contributed by atoms with Crippen molar-refractivity contribution in [2.45, 2.75) is 12.8 Å². The van der Waals surface area contributed by atoms with Gasteiger partial charge in [0.05, 0.1) is 17.9 Å². The number of ether oxygens (including phenoxy) is 1. The standard InChI is InChI=1S/C14H17NO4S/c1-19-9-4-12(20-7-9)13(16)15-5-10(8-2-3-8)11(6-15)14(17)18/h4,7-8,10-11H,2-3,5-6H2,1H3,(H,17,18)/t10-,11+/m1/s1. The lowest BCUT2D eigenvalue weighted by molar-refractivity contribution is -0.142. The van der Waals surface area contributed by atoms with Crippen LogP contribution < -0.4 is 4.74 Å². The third-order valence-corrected chi connectivity index (χ3v) is 5.12. The highest BCUT2D eigenvalue weighted by atomic mass is 32.1. The molecule has 1 aliphatic carbocycles. The van der Waals surface area contributed by atoms with E-state index in [0.717, 1.165) is 12.8 Å². The van der Waals surface area contributed by atoms with Crippen molar-refractivity contribution >= 4 is 23.2 Å². The second-order valence-corrected chi connectivity index (χ2v) is 6.42. The fraction of sp³-hybridized carbons (Fsp3) is 0.571. The molecular formula is C14H17NO4S. The Morgan fingerprint density at radius 3 is 2.70 bits per heavy atom. The first-order valence-electron chi connectivity index (χ1n) is 6.74. The molecule has 0 spiro atoms. The maximum absolute atomic E-state index is 12.4. The van der Waals surface area contributed by atoms with Crippen LogP contribution in [0.5, 0.6) is 5.75 Å². The average molecular weight is 295 g/mol. The molecule has 2 fully saturated rings. The molecule has 1 aliphatic heterocycles. The lowest BCUT2D eigenvalue weighted by Gasteiger charge is -2.14. The molecule has 1 N–H and O–H groups in total. The summed E-state index contributed by atoms with van der Waals surface area (Å²) >= 11 is 1.34. The molecule has 5 nitrogen and oxygen atoms in total. The van der Waals surface area contributed by atoms with Crippen molar-refractivity contribution in [3.8, 4) is 5.75 Å². The summed E-state index contributed by atoms with van der Waals surface area (Å²) in [5, 5.41) is 11.1. The van der Waals surface area contributed by atoms with E-state index in [2.05, 4.69) is 0 Å². The van der Waals surface area contributed by atoms with Crippen molar-refractivity contribution in [3.63, 3.8) is 0 Å². The van der Waals surface area contributed by atoms with E-state index in [1.165, 1.54) is 11.3 Å². The average Bonchev–Trinajstić information content (AvgIpc) is 3.02. The van der Waals surface area contributed by atoms with Crippen molar-refractivity contribution in [1.29, 1.82) is 0 Å². The molecule has 6 heteroatoms. The number of nitrogens with zero attached hydrogens (tertiary/aromatic N) is 1. The molecule has 0 aromatic carbocycles. The number of hydrogen-bond acceptors (Lipinski definition) is 4. The van der Waals surface area contributed by atoms with E-state index in [4.69, 9.17) is 4.74 Å². The van der Waals surface area contributed by atoms with Crippen LogP contribution in [0.1, 0.15) is 22.5 Å². The quantitative estimate of drug-likeness (QED) is 0.922. The van der Waals surface area contributed by atoms with Crippen molar-refractivity contribution < 1.29 is 19.4 Å². The molecule has 1 saturated carbocycles. The van der Waals surface area contributed by atoms with Gasteiger partial charge in [0, 0.05) is 24.5 Å². The molecule has 1 saturated heterocycles. The second kappa shape index (κ2) is 5.09. The van der Waals surface area contributed by atoms with Crippen LogP contribution in [0.2, 0.25) is 0 Å². The highest BCUT2D eigenvalue weighted by Gasteiger charge is 2.47. The van der Waals surface area contributed by atoms with E-state index in [-0.39, 0.29) is 11.8 Å². The molecule has 1 aromatic rings. The van der Waals surface area contributed by atoms with Gasteiger partial charge in [0.25, 0.3) is 5.91 Å². The van der Waals surface area contributed by atoms with Crippen LogP contribution in [0, 0.1) is 17.8 Å². The van der Waals surface area contributed by atoms with Gasteiger partial charge in [-0.2, -0.15) is 0 Å². The highest BCUT2D eigenvalue weighted by Crippen LogP contribution is 2.44. The number of hydrogen-bond donors (Lipinski definition) is 1. The van der Waals surface area contributed by atoms with Gasteiger partial charge in [0.15, 0.2) is 0 Å². The normalized spacial score (nSPS) is 25.8. The van der Waals surface area contributed by atoms with Gasteiger partial charge in [0.2, 0.25) is 0 Å². The zero-order chi connectivity index (χ0) is 14.3. The Morgan fingerprint density at radius 1 is 1.40 bits per heavy atom. The van der Waals surface area contributed by atoms with Crippen molar-refractivity contribution in [2.75, 3.05) is 20.2 Å². The smallest absolute Gasteiger partial charge is 0.308 e. The van der Waals surface area contributed by atoms with Gasteiger partial charge in [-0.25, -0.2) is 0 Å². The molecule has 0 bridgehead atoms. The Kier molecular flexibility index (Phi) is 3.41. The molecular weight excluding hydrogens is 278 g/mol. The summed E-state index contributed by atoms with van der Waals surface area (Å²) in [5.74, 6) is 0.0260. The molecule has 0 unspecified atom stereocenters. The number of carbonyl (C=O) groups excluding carboxylic acids is 1. The van der Waals surface area contributed by atoms with Gasteiger partial charge in [-0.1, -0.05) is 0 Å². The maximum Gasteiger partial charge on any atom is 0.308 e. The van der Waals surface area contributed by atoms with E-state index in [0.29, 0.717) is 29.6 Å². The molecule has 108 valence electrons. The minimum Gasteiger partial charge on any atom is -0.496 e. The molecule has 1 amide bonds. The van der Waals surface area contributed by atoms with E-state index in [1.54, 1.807) is 23.5 Å². The number of carbonyl (C=O) groups is 2. The van der Waals surface area contributed by atoms with Crippen LogP contribution in [0.15, 0.2) is 11.4 Å². The van der Waals surface area contributed by atoms with Crippen molar-refractivity contribution in [2.24, 2.45) is 17.8 Å². The molecule has 0 radical (unpaired) electrons. The summed E-state index contributed by atoms with van der Waals surface area (Å²) in [4.78, 5) is 26.1. The van der Waals surface area contributed by atoms with Gasteiger partial charge in [-0.05, 0) is 24.7 Å². The van der Waals surface area contributed by atoms with Crippen LogP contribution in [0.3, 0.4) is 0 Å². The van der Waals surface area contributed by atoms with E-state index < -0.39 is 11.9 Å². The number of amides is 1. The number of carboxylic acid groups (broad SMARTS) is 1. The summed E-state index contributed by atoms with van der Waals surface area (Å²) in [5.41, 5.74) is 0. The number of aliphatic carboxylic acids is 1. The van der Waals surface area contributed by atoms with Crippen LogP contribution >= 0.6 is 11.3 Å². The maximum atomic E-state index is 12.4. The van der Waals surface area contributed by atoms with E-state index in [9.17, 15) is 14.7 Å². The van der Waals surface area contributed by atoms with Crippen LogP contribution in [-0.4, -0.2) is 42.1 Å². The number of likely N-dealkylation sites (tertiary alicyclic amines) is 1. The van der Waals surface area contributed by atoms with Gasteiger partial charge >= 0.3 is 5.97 Å². The van der Waals surface area contributed by atoms with Gasteiger partial charge < -0.3 is 14.7 Å². The fourth-order valence-corrected chi connectivity index (χ4v) is 3.77. The summed E-state index contributed by atoms with van der Waals surface area (Å²) in [6.45, 7) is 0.899. The van der Waals surface area contributed by atoms with E-state index >= 15 is 0 Å². The number of rotatable bonds is 4.